The lowest BCUT2D eigenvalue weighted by molar-refractivity contribution is 0.0582. The number of furan rings is 1. The monoisotopic (exact) mass is 317 g/mol. The Kier molecular flexibility index (Phi) is 4.26. The van der Waals surface area contributed by atoms with Crippen LogP contribution in [0.5, 0.6) is 0 Å². The van der Waals surface area contributed by atoms with Gasteiger partial charge in [-0.2, -0.15) is 0 Å². The second-order valence-corrected chi connectivity index (χ2v) is 7.18. The van der Waals surface area contributed by atoms with Gasteiger partial charge in [0.05, 0.1) is 6.26 Å². The average Bonchev–Trinajstić information content (AvgIpc) is 3.17. The van der Waals surface area contributed by atoms with Crippen molar-refractivity contribution in [2.75, 3.05) is 32.7 Å². The molecule has 0 aliphatic carbocycles. The predicted molar refractivity (Wildman–Crippen MR) is 86.0 cm³/mol. The van der Waals surface area contributed by atoms with E-state index in [4.69, 9.17) is 8.94 Å². The van der Waals surface area contributed by atoms with Gasteiger partial charge in [-0.05, 0) is 17.5 Å². The van der Waals surface area contributed by atoms with Crippen LogP contribution in [0, 0.1) is 5.41 Å². The Morgan fingerprint density at radius 3 is 2.57 bits per heavy atom. The fraction of sp³-hybridized carbons (Fsp3) is 0.529. The fourth-order valence-electron chi connectivity index (χ4n) is 2.85. The van der Waals surface area contributed by atoms with Gasteiger partial charge in [-0.15, -0.1) is 0 Å². The molecule has 0 spiro atoms. The van der Waals surface area contributed by atoms with Crippen LogP contribution in [0.3, 0.4) is 0 Å². The van der Waals surface area contributed by atoms with E-state index >= 15 is 0 Å². The summed E-state index contributed by atoms with van der Waals surface area (Å²) in [6.45, 7) is 11.0. The molecule has 3 heterocycles. The number of rotatable bonds is 3. The van der Waals surface area contributed by atoms with Crippen LogP contribution in [0.2, 0.25) is 0 Å². The molecule has 6 nitrogen and oxygen atoms in total. The molecule has 3 rings (SSSR count). The Hall–Kier alpha value is -2.08. The van der Waals surface area contributed by atoms with E-state index in [0.29, 0.717) is 17.2 Å². The molecule has 1 aliphatic heterocycles. The Balaban J connectivity index is 1.60. The van der Waals surface area contributed by atoms with Crippen LogP contribution in [-0.2, 0) is 0 Å². The summed E-state index contributed by atoms with van der Waals surface area (Å²) in [5, 5.41) is 3.89. The van der Waals surface area contributed by atoms with Crippen molar-refractivity contribution in [1.82, 2.24) is 15.0 Å². The van der Waals surface area contributed by atoms with Gasteiger partial charge in [0.2, 0.25) is 5.76 Å². The molecule has 6 heteroatoms. The van der Waals surface area contributed by atoms with E-state index in [-0.39, 0.29) is 11.3 Å². The first-order chi connectivity index (χ1) is 10.9. The van der Waals surface area contributed by atoms with Crippen molar-refractivity contribution in [1.29, 1.82) is 0 Å². The summed E-state index contributed by atoms with van der Waals surface area (Å²) in [5.41, 5.74) is 0.608. The predicted octanol–water partition coefficient (Wildman–Crippen LogP) is 2.74. The number of nitrogens with zero attached hydrogens (tertiary/aromatic N) is 3. The molecule has 0 aromatic carbocycles. The number of aromatic nitrogens is 1. The van der Waals surface area contributed by atoms with Gasteiger partial charge in [-0.25, -0.2) is 0 Å². The molecule has 0 radical (unpaired) electrons. The number of carbonyl (C=O) groups is 1. The molecule has 1 fully saturated rings. The lowest BCUT2D eigenvalue weighted by atomic mass is 9.96. The van der Waals surface area contributed by atoms with Gasteiger partial charge in [0, 0.05) is 38.8 Å². The summed E-state index contributed by atoms with van der Waals surface area (Å²) in [7, 11) is 0. The maximum absolute atomic E-state index is 12.5. The molecule has 1 aliphatic rings. The van der Waals surface area contributed by atoms with Crippen LogP contribution in [0.1, 0.15) is 31.3 Å². The minimum Gasteiger partial charge on any atom is -0.461 e. The summed E-state index contributed by atoms with van der Waals surface area (Å²) < 4.78 is 10.5. The Labute approximate surface area is 136 Å². The molecule has 0 saturated carbocycles. The summed E-state index contributed by atoms with van der Waals surface area (Å²) in [4.78, 5) is 16.8. The zero-order chi connectivity index (χ0) is 16.4. The SMILES string of the molecule is CC(C)(C)CN1CCN(C(=O)c2cc(-c3ccco3)on2)CC1. The number of hydrogen-bond donors (Lipinski definition) is 0. The molecule has 23 heavy (non-hydrogen) atoms. The van der Waals surface area contributed by atoms with Crippen LogP contribution in [0.4, 0.5) is 0 Å². The molecular formula is C17H23N3O3. The van der Waals surface area contributed by atoms with Gasteiger partial charge in [0.1, 0.15) is 0 Å². The molecule has 0 bridgehead atoms. The minimum atomic E-state index is -0.0815. The van der Waals surface area contributed by atoms with Crippen molar-refractivity contribution in [3.63, 3.8) is 0 Å². The molecule has 2 aromatic heterocycles. The second-order valence-electron chi connectivity index (χ2n) is 7.18. The second kappa shape index (κ2) is 6.20. The largest absolute Gasteiger partial charge is 0.461 e. The highest BCUT2D eigenvalue weighted by Gasteiger charge is 2.26. The lowest BCUT2D eigenvalue weighted by Crippen LogP contribution is -2.50. The summed E-state index contributed by atoms with van der Waals surface area (Å²) in [5.74, 6) is 0.971. The zero-order valence-corrected chi connectivity index (χ0v) is 13.9. The Morgan fingerprint density at radius 2 is 1.96 bits per heavy atom. The van der Waals surface area contributed by atoms with E-state index in [1.54, 1.807) is 24.5 Å². The number of hydrogen-bond acceptors (Lipinski definition) is 5. The number of carbonyl (C=O) groups excluding carboxylic acids is 1. The third kappa shape index (κ3) is 3.82. The number of piperazine rings is 1. The highest BCUT2D eigenvalue weighted by molar-refractivity contribution is 5.93. The summed E-state index contributed by atoms with van der Waals surface area (Å²) >= 11 is 0. The van der Waals surface area contributed by atoms with Gasteiger partial charge in [-0.3, -0.25) is 9.69 Å². The van der Waals surface area contributed by atoms with Crippen molar-refractivity contribution in [3.8, 4) is 11.5 Å². The smallest absolute Gasteiger partial charge is 0.276 e. The number of amides is 1. The maximum atomic E-state index is 12.5. The molecule has 124 valence electrons. The first kappa shape index (κ1) is 15.8. The topological polar surface area (TPSA) is 62.7 Å². The van der Waals surface area contributed by atoms with E-state index in [2.05, 4.69) is 30.8 Å². The summed E-state index contributed by atoms with van der Waals surface area (Å²) in [6, 6.07) is 5.19. The fourth-order valence-corrected chi connectivity index (χ4v) is 2.85. The quantitative estimate of drug-likeness (QED) is 0.871. The molecule has 1 saturated heterocycles. The Morgan fingerprint density at radius 1 is 1.22 bits per heavy atom. The highest BCUT2D eigenvalue weighted by atomic mass is 16.5. The van der Waals surface area contributed by atoms with E-state index in [1.165, 1.54) is 0 Å². The molecule has 0 N–H and O–H groups in total. The van der Waals surface area contributed by atoms with Gasteiger partial charge in [0.25, 0.3) is 5.91 Å². The summed E-state index contributed by atoms with van der Waals surface area (Å²) in [6.07, 6.45) is 1.56. The molecule has 2 aromatic rings. The molecular weight excluding hydrogens is 294 g/mol. The van der Waals surface area contributed by atoms with Crippen molar-refractivity contribution in [2.24, 2.45) is 5.41 Å². The van der Waals surface area contributed by atoms with Crippen molar-refractivity contribution < 1.29 is 13.7 Å². The van der Waals surface area contributed by atoms with Crippen LogP contribution in [-0.4, -0.2) is 53.6 Å². The van der Waals surface area contributed by atoms with E-state index in [9.17, 15) is 4.79 Å². The highest BCUT2D eigenvalue weighted by Crippen LogP contribution is 2.22. The van der Waals surface area contributed by atoms with Crippen LogP contribution in [0.15, 0.2) is 33.4 Å². The van der Waals surface area contributed by atoms with Crippen LogP contribution in [0.25, 0.3) is 11.5 Å². The van der Waals surface area contributed by atoms with Crippen molar-refractivity contribution in [3.05, 3.63) is 30.2 Å². The first-order valence-corrected chi connectivity index (χ1v) is 7.95. The lowest BCUT2D eigenvalue weighted by Gasteiger charge is -2.37. The first-order valence-electron chi connectivity index (χ1n) is 7.95. The Bertz CT molecular complexity index is 647. The molecule has 0 unspecified atom stereocenters. The minimum absolute atomic E-state index is 0.0815. The standard InChI is InChI=1S/C17H23N3O3/c1-17(2,3)12-19-6-8-20(9-7-19)16(21)13-11-15(23-18-13)14-5-4-10-22-14/h4-5,10-11H,6-9,12H2,1-3H3. The van der Waals surface area contributed by atoms with Gasteiger partial charge in [-0.1, -0.05) is 25.9 Å². The molecule has 1 amide bonds. The zero-order valence-electron chi connectivity index (χ0n) is 13.9. The van der Waals surface area contributed by atoms with Gasteiger partial charge < -0.3 is 13.8 Å². The normalized spacial score (nSPS) is 16.7. The third-order valence-corrected chi connectivity index (χ3v) is 3.85. The van der Waals surface area contributed by atoms with E-state index in [0.717, 1.165) is 32.7 Å². The average molecular weight is 317 g/mol. The van der Waals surface area contributed by atoms with Crippen LogP contribution >= 0.6 is 0 Å². The van der Waals surface area contributed by atoms with Crippen molar-refractivity contribution >= 4 is 5.91 Å². The van der Waals surface area contributed by atoms with Gasteiger partial charge >= 0.3 is 0 Å². The van der Waals surface area contributed by atoms with Crippen molar-refractivity contribution in [2.45, 2.75) is 20.8 Å². The van der Waals surface area contributed by atoms with E-state index < -0.39 is 0 Å². The third-order valence-electron chi connectivity index (χ3n) is 3.85. The molecule has 0 atom stereocenters. The van der Waals surface area contributed by atoms with Gasteiger partial charge in [0.15, 0.2) is 11.5 Å². The van der Waals surface area contributed by atoms with E-state index in [1.807, 2.05) is 4.90 Å². The van der Waals surface area contributed by atoms with Crippen LogP contribution < -0.4 is 0 Å². The maximum Gasteiger partial charge on any atom is 0.276 e.